The van der Waals surface area contributed by atoms with Crippen LogP contribution >= 0.6 is 0 Å². The van der Waals surface area contributed by atoms with Crippen molar-refractivity contribution in [1.29, 1.82) is 0 Å². The van der Waals surface area contributed by atoms with Gasteiger partial charge in [-0.3, -0.25) is 4.79 Å². The van der Waals surface area contributed by atoms with Crippen molar-refractivity contribution in [3.63, 3.8) is 0 Å². The minimum Gasteiger partial charge on any atom is -0.417 e. The molecule has 1 saturated carbocycles. The van der Waals surface area contributed by atoms with Gasteiger partial charge in [-0.15, -0.1) is 0 Å². The van der Waals surface area contributed by atoms with Gasteiger partial charge in [-0.2, -0.15) is 0 Å². The third-order valence-electron chi connectivity index (χ3n) is 3.04. The van der Waals surface area contributed by atoms with Crippen LogP contribution in [0.25, 0.3) is 0 Å². The molecule has 0 aromatic carbocycles. The molecule has 3 nitrogen and oxygen atoms in total. The first kappa shape index (κ1) is 11.2. The highest BCUT2D eigenvalue weighted by molar-refractivity contribution is 5.68. The second-order valence-electron chi connectivity index (χ2n) is 4.75. The zero-order valence-corrected chi connectivity index (χ0v) is 9.92. The van der Waals surface area contributed by atoms with E-state index in [1.807, 2.05) is 13.8 Å². The molecular weight excluding hydrogens is 204 g/mol. The SMILES string of the molecule is CC(=O)OC(C#CC12COCC1C2)=C(C)C. The van der Waals surface area contributed by atoms with Crippen LogP contribution in [0.15, 0.2) is 11.3 Å². The lowest BCUT2D eigenvalue weighted by atomic mass is 10.1. The summed E-state index contributed by atoms with van der Waals surface area (Å²) in [5.41, 5.74) is 0.983. The molecule has 0 aromatic heterocycles. The highest BCUT2D eigenvalue weighted by atomic mass is 16.5. The Morgan fingerprint density at radius 3 is 2.62 bits per heavy atom. The van der Waals surface area contributed by atoms with E-state index in [1.165, 1.54) is 6.92 Å². The third kappa shape index (κ3) is 2.12. The van der Waals surface area contributed by atoms with E-state index in [9.17, 15) is 4.79 Å². The smallest absolute Gasteiger partial charge is 0.308 e. The number of rotatable bonds is 1. The number of carbonyl (C=O) groups is 1. The minimum absolute atomic E-state index is 0.0564. The number of allylic oxidation sites excluding steroid dienone is 2. The van der Waals surface area contributed by atoms with E-state index in [4.69, 9.17) is 9.47 Å². The first-order valence-electron chi connectivity index (χ1n) is 5.50. The largest absolute Gasteiger partial charge is 0.417 e. The summed E-state index contributed by atoms with van der Waals surface area (Å²) in [5.74, 6) is 6.95. The maximum atomic E-state index is 10.9. The van der Waals surface area contributed by atoms with Crippen LogP contribution < -0.4 is 0 Å². The van der Waals surface area contributed by atoms with Crippen LogP contribution in [0.3, 0.4) is 0 Å². The van der Waals surface area contributed by atoms with Crippen molar-refractivity contribution in [3.05, 3.63) is 11.3 Å². The van der Waals surface area contributed by atoms with Gasteiger partial charge < -0.3 is 9.47 Å². The summed E-state index contributed by atoms with van der Waals surface area (Å²) in [7, 11) is 0. The summed E-state index contributed by atoms with van der Waals surface area (Å²) in [4.78, 5) is 10.9. The molecule has 1 saturated heterocycles. The summed E-state index contributed by atoms with van der Waals surface area (Å²) < 4.78 is 10.4. The summed E-state index contributed by atoms with van der Waals surface area (Å²) >= 11 is 0. The first-order valence-corrected chi connectivity index (χ1v) is 5.50. The molecule has 0 spiro atoms. The monoisotopic (exact) mass is 220 g/mol. The molecule has 0 amide bonds. The standard InChI is InChI=1S/C13H16O3/c1-9(2)12(16-10(3)14)4-5-13-6-11(13)7-15-8-13/h11H,6-8H2,1-3H3. The van der Waals surface area contributed by atoms with Crippen molar-refractivity contribution in [1.82, 2.24) is 0 Å². The lowest BCUT2D eigenvalue weighted by Crippen LogP contribution is -2.03. The van der Waals surface area contributed by atoms with Gasteiger partial charge in [-0.05, 0) is 31.8 Å². The first-order chi connectivity index (χ1) is 7.53. The van der Waals surface area contributed by atoms with E-state index >= 15 is 0 Å². The zero-order valence-electron chi connectivity index (χ0n) is 9.92. The van der Waals surface area contributed by atoms with Gasteiger partial charge in [0.1, 0.15) is 0 Å². The Bertz CT molecular complexity index is 407. The Morgan fingerprint density at radius 1 is 1.44 bits per heavy atom. The number of fused-ring (bicyclic) bond motifs is 1. The van der Waals surface area contributed by atoms with Crippen molar-refractivity contribution in [2.45, 2.75) is 27.2 Å². The predicted octanol–water partition coefficient (Wildman–Crippen LogP) is 1.88. The molecule has 0 bridgehead atoms. The van der Waals surface area contributed by atoms with Gasteiger partial charge in [0.15, 0.2) is 5.76 Å². The van der Waals surface area contributed by atoms with Gasteiger partial charge in [0.05, 0.1) is 18.6 Å². The maximum absolute atomic E-state index is 10.9. The molecule has 2 rings (SSSR count). The molecule has 1 heterocycles. The molecule has 3 heteroatoms. The highest BCUT2D eigenvalue weighted by Crippen LogP contribution is 2.56. The molecule has 0 N–H and O–H groups in total. The van der Waals surface area contributed by atoms with Crippen LogP contribution in [0.5, 0.6) is 0 Å². The molecule has 0 aromatic rings. The van der Waals surface area contributed by atoms with E-state index in [2.05, 4.69) is 11.8 Å². The molecule has 1 aliphatic carbocycles. The Labute approximate surface area is 95.8 Å². The molecule has 16 heavy (non-hydrogen) atoms. The molecule has 2 fully saturated rings. The van der Waals surface area contributed by atoms with Crippen LogP contribution in [-0.2, 0) is 14.3 Å². The van der Waals surface area contributed by atoms with E-state index in [1.54, 1.807) is 0 Å². The molecule has 1 aliphatic heterocycles. The predicted molar refractivity (Wildman–Crippen MR) is 59.3 cm³/mol. The van der Waals surface area contributed by atoms with Gasteiger partial charge in [-0.25, -0.2) is 0 Å². The normalized spacial score (nSPS) is 29.8. The Kier molecular flexibility index (Phi) is 2.77. The second kappa shape index (κ2) is 3.95. The van der Waals surface area contributed by atoms with Crippen molar-refractivity contribution in [2.75, 3.05) is 13.2 Å². The van der Waals surface area contributed by atoms with E-state index in [0.29, 0.717) is 11.7 Å². The van der Waals surface area contributed by atoms with Crippen molar-refractivity contribution >= 4 is 5.97 Å². The average Bonchev–Trinajstić information content (AvgIpc) is 2.75. The van der Waals surface area contributed by atoms with Crippen LogP contribution in [0.1, 0.15) is 27.2 Å². The fourth-order valence-corrected chi connectivity index (χ4v) is 1.93. The third-order valence-corrected chi connectivity index (χ3v) is 3.04. The van der Waals surface area contributed by atoms with Gasteiger partial charge in [0.2, 0.25) is 0 Å². The molecule has 2 atom stereocenters. The van der Waals surface area contributed by atoms with Crippen LogP contribution in [-0.4, -0.2) is 19.2 Å². The molecular formula is C13H16O3. The van der Waals surface area contributed by atoms with E-state index < -0.39 is 0 Å². The molecule has 86 valence electrons. The second-order valence-corrected chi connectivity index (χ2v) is 4.75. The summed E-state index contributed by atoms with van der Waals surface area (Å²) in [6.07, 6.45) is 1.12. The number of ether oxygens (including phenoxy) is 2. The minimum atomic E-state index is -0.321. The van der Waals surface area contributed by atoms with Crippen LogP contribution in [0, 0.1) is 23.2 Å². The average molecular weight is 220 g/mol. The molecule has 2 unspecified atom stereocenters. The number of hydrogen-bond acceptors (Lipinski definition) is 3. The van der Waals surface area contributed by atoms with Gasteiger partial charge in [-0.1, -0.05) is 5.92 Å². The quantitative estimate of drug-likeness (QED) is 0.384. The number of hydrogen-bond donors (Lipinski definition) is 0. The number of carbonyl (C=O) groups excluding carboxylic acids is 1. The van der Waals surface area contributed by atoms with Gasteiger partial charge >= 0.3 is 5.97 Å². The summed E-state index contributed by atoms with van der Waals surface area (Å²) in [5, 5.41) is 0. The Hall–Kier alpha value is -1.27. The molecule has 0 radical (unpaired) electrons. The topological polar surface area (TPSA) is 35.5 Å². The van der Waals surface area contributed by atoms with Crippen molar-refractivity contribution in [2.24, 2.45) is 11.3 Å². The summed E-state index contributed by atoms with van der Waals surface area (Å²) in [6, 6.07) is 0. The lowest BCUT2D eigenvalue weighted by molar-refractivity contribution is -0.136. The van der Waals surface area contributed by atoms with E-state index in [-0.39, 0.29) is 11.4 Å². The highest BCUT2D eigenvalue weighted by Gasteiger charge is 2.57. The number of esters is 1. The zero-order chi connectivity index (χ0) is 11.8. The van der Waals surface area contributed by atoms with E-state index in [0.717, 1.165) is 25.2 Å². The van der Waals surface area contributed by atoms with Crippen molar-refractivity contribution in [3.8, 4) is 11.8 Å². The maximum Gasteiger partial charge on any atom is 0.308 e. The van der Waals surface area contributed by atoms with Crippen LogP contribution in [0.2, 0.25) is 0 Å². The Morgan fingerprint density at radius 2 is 2.19 bits per heavy atom. The summed E-state index contributed by atoms with van der Waals surface area (Å²) in [6.45, 7) is 6.72. The van der Waals surface area contributed by atoms with Gasteiger partial charge in [0.25, 0.3) is 0 Å². The fraction of sp³-hybridized carbons (Fsp3) is 0.615. The molecule has 2 aliphatic rings. The lowest BCUT2D eigenvalue weighted by Gasteiger charge is -2.03. The van der Waals surface area contributed by atoms with Gasteiger partial charge in [0, 0.05) is 12.8 Å². The fourth-order valence-electron chi connectivity index (χ4n) is 1.93. The van der Waals surface area contributed by atoms with Crippen molar-refractivity contribution < 1.29 is 14.3 Å². The van der Waals surface area contributed by atoms with Crippen LogP contribution in [0.4, 0.5) is 0 Å². The Balaban J connectivity index is 2.10.